The van der Waals surface area contributed by atoms with Gasteiger partial charge in [0, 0.05) is 6.42 Å². The van der Waals surface area contributed by atoms with Gasteiger partial charge in [-0.2, -0.15) is 4.98 Å². The summed E-state index contributed by atoms with van der Waals surface area (Å²) in [6.45, 7) is -10.5. The lowest BCUT2D eigenvalue weighted by Gasteiger charge is -2.29. The van der Waals surface area contributed by atoms with Crippen molar-refractivity contribution >= 4 is 65.3 Å². The standard InChI is InChI=1S/C22H22F3N9O10P2S2/c23-9-12-7(41-18(9)34-6-30-11-15(34)31-20(26)32-17(11)36)1-39-46(38,48)44-13-19(33-5-29-10-14(33)27-4-28-16(10)35)42-8(2-40-45(37,47)43-12)21(13)3-22(21,24)25/h4-9,12-13,18-19H,1-3H2,(H,37,47)(H,38,48)(H,27,28,35)(H3,26,31,32,36)/t7-,8-,9-,12-,13+,18-,19-,21+,45?,46?/m1/s1. The Balaban J connectivity index is 1.16. The summed E-state index contributed by atoms with van der Waals surface area (Å²) in [4.78, 5) is 67.5. The summed E-state index contributed by atoms with van der Waals surface area (Å²) < 4.78 is 83.2. The Hall–Kier alpha value is -2.73. The lowest BCUT2D eigenvalue weighted by atomic mass is 9.94. The van der Waals surface area contributed by atoms with E-state index in [0.717, 1.165) is 28.1 Å². The number of alkyl halides is 3. The molecular weight excluding hydrogens is 733 g/mol. The smallest absolute Gasteiger partial charge is 0.325 e. The van der Waals surface area contributed by atoms with Gasteiger partial charge in [-0.1, -0.05) is 0 Å². The van der Waals surface area contributed by atoms with Gasteiger partial charge in [0.05, 0.1) is 43.7 Å². The Morgan fingerprint density at radius 3 is 2.31 bits per heavy atom. The first-order chi connectivity index (χ1) is 22.6. The van der Waals surface area contributed by atoms with Gasteiger partial charge in [-0.05, 0) is 23.6 Å². The number of nitrogen functional groups attached to an aromatic ring is 1. The van der Waals surface area contributed by atoms with E-state index in [1.807, 2.05) is 0 Å². The lowest BCUT2D eigenvalue weighted by Crippen LogP contribution is -2.37. The molecule has 258 valence electrons. The van der Waals surface area contributed by atoms with Crippen LogP contribution >= 0.6 is 13.4 Å². The molecule has 6 N–H and O–H groups in total. The first kappa shape index (κ1) is 32.5. The fourth-order valence-electron chi connectivity index (χ4n) is 6.37. The highest BCUT2D eigenvalue weighted by Gasteiger charge is 2.83. The number of hydrogen-bond donors (Lipinski definition) is 5. The number of fused-ring (bicyclic) bond motifs is 3. The summed E-state index contributed by atoms with van der Waals surface area (Å²) >= 11 is 10.4. The van der Waals surface area contributed by atoms with Crippen LogP contribution in [0.4, 0.5) is 19.1 Å². The van der Waals surface area contributed by atoms with E-state index in [1.54, 1.807) is 0 Å². The predicted octanol–water partition coefficient (Wildman–Crippen LogP) is 0.244. The average Bonchev–Trinajstić information content (AvgIpc) is 3.49. The predicted molar refractivity (Wildman–Crippen MR) is 160 cm³/mol. The molecule has 1 aliphatic carbocycles. The fraction of sp³-hybridized carbons (Fsp3) is 0.545. The van der Waals surface area contributed by atoms with Gasteiger partial charge in [-0.25, -0.2) is 28.1 Å². The molecule has 10 atom stereocenters. The molecule has 4 aromatic heterocycles. The molecule has 2 bridgehead atoms. The summed E-state index contributed by atoms with van der Waals surface area (Å²) in [6, 6.07) is 0. The van der Waals surface area contributed by atoms with Crippen LogP contribution in [-0.2, 0) is 51.2 Å². The minimum atomic E-state index is -4.51. The second-order valence-electron chi connectivity index (χ2n) is 11.4. The molecule has 8 rings (SSSR count). The van der Waals surface area contributed by atoms with E-state index in [9.17, 15) is 19.4 Å². The Morgan fingerprint density at radius 2 is 1.60 bits per heavy atom. The van der Waals surface area contributed by atoms with Crippen molar-refractivity contribution in [2.75, 3.05) is 18.9 Å². The van der Waals surface area contributed by atoms with Crippen molar-refractivity contribution in [2.45, 2.75) is 55.4 Å². The second-order valence-corrected chi connectivity index (χ2v) is 17.0. The van der Waals surface area contributed by atoms with Crippen LogP contribution in [0, 0.1) is 5.41 Å². The molecule has 3 saturated heterocycles. The highest BCUT2D eigenvalue weighted by Crippen LogP contribution is 2.73. The molecular formula is C22H22F3N9O10P2S2. The van der Waals surface area contributed by atoms with E-state index in [1.165, 1.54) is 0 Å². The van der Waals surface area contributed by atoms with Gasteiger partial charge in [0.15, 0.2) is 41.0 Å². The van der Waals surface area contributed by atoms with Crippen molar-refractivity contribution in [1.82, 2.24) is 39.0 Å². The molecule has 7 heterocycles. The normalized spacial score (nSPS) is 39.6. The molecule has 26 heteroatoms. The zero-order chi connectivity index (χ0) is 34.0. The maximum absolute atomic E-state index is 16.1. The minimum Gasteiger partial charge on any atom is -0.369 e. The third-order valence-electron chi connectivity index (χ3n) is 8.64. The fourth-order valence-corrected chi connectivity index (χ4v) is 9.23. The molecule has 0 aromatic carbocycles. The van der Waals surface area contributed by atoms with Gasteiger partial charge in [0.25, 0.3) is 17.0 Å². The molecule has 0 radical (unpaired) electrons. The third-order valence-corrected chi connectivity index (χ3v) is 11.7. The highest BCUT2D eigenvalue weighted by atomic mass is 32.5. The number of imidazole rings is 2. The van der Waals surface area contributed by atoms with Gasteiger partial charge in [0.2, 0.25) is 5.95 Å². The number of nitrogens with one attached hydrogen (secondary N) is 2. The van der Waals surface area contributed by atoms with Crippen LogP contribution in [0.1, 0.15) is 18.9 Å². The van der Waals surface area contributed by atoms with Crippen LogP contribution in [-0.4, -0.2) is 98.5 Å². The largest absolute Gasteiger partial charge is 0.369 e. The molecule has 19 nitrogen and oxygen atoms in total. The molecule has 4 fully saturated rings. The number of H-pyrrole nitrogens is 2. The number of aromatic nitrogens is 8. The van der Waals surface area contributed by atoms with Crippen molar-refractivity contribution in [1.29, 1.82) is 0 Å². The van der Waals surface area contributed by atoms with Crippen LogP contribution < -0.4 is 16.9 Å². The van der Waals surface area contributed by atoms with Crippen LogP contribution in [0.5, 0.6) is 0 Å². The Morgan fingerprint density at radius 1 is 0.958 bits per heavy atom. The summed E-state index contributed by atoms with van der Waals surface area (Å²) in [5.41, 5.74) is 1.60. The number of aromatic amines is 2. The van der Waals surface area contributed by atoms with Gasteiger partial charge in [-0.15, -0.1) is 0 Å². The monoisotopic (exact) mass is 755 g/mol. The molecule has 2 unspecified atom stereocenters. The molecule has 4 aliphatic rings. The van der Waals surface area contributed by atoms with E-state index in [4.69, 9.17) is 56.9 Å². The quantitative estimate of drug-likeness (QED) is 0.172. The van der Waals surface area contributed by atoms with Crippen molar-refractivity contribution in [3.8, 4) is 0 Å². The molecule has 4 aromatic rings. The summed E-state index contributed by atoms with van der Waals surface area (Å²) in [6.07, 6.45) is -9.40. The number of nitrogens with two attached hydrogens (primary N) is 1. The number of rotatable bonds is 2. The van der Waals surface area contributed by atoms with Crippen molar-refractivity contribution in [2.24, 2.45) is 5.41 Å². The van der Waals surface area contributed by atoms with E-state index < -0.39 is 98.6 Å². The van der Waals surface area contributed by atoms with E-state index in [-0.39, 0.29) is 28.3 Å². The number of ether oxygens (including phenoxy) is 2. The van der Waals surface area contributed by atoms with Crippen LogP contribution in [0.15, 0.2) is 28.6 Å². The topological polar surface area (TPSA) is 249 Å². The van der Waals surface area contributed by atoms with Gasteiger partial charge in [0.1, 0.15) is 18.3 Å². The number of halogens is 3. The number of hydrogen-bond acceptors (Lipinski definition) is 15. The van der Waals surface area contributed by atoms with Crippen LogP contribution in [0.25, 0.3) is 22.3 Å². The van der Waals surface area contributed by atoms with Crippen LogP contribution in [0.2, 0.25) is 0 Å². The van der Waals surface area contributed by atoms with E-state index in [2.05, 4.69) is 29.9 Å². The SMILES string of the molecule is Nc1nc2c(ncn2[C@@H]2O[C@@H]3COP(O)(=S)O[C@H]4[C@H](n5cnc6c(=O)[nH]cnc65)O[C@H](COP(O)(=S)O[C@H]3[C@H]2F)[C@@]42CC2(F)F)c(=O)[nH]1. The third kappa shape index (κ3) is 5.01. The lowest BCUT2D eigenvalue weighted by molar-refractivity contribution is -0.0605. The zero-order valence-electron chi connectivity index (χ0n) is 23.7. The first-order valence-electron chi connectivity index (χ1n) is 13.9. The molecule has 1 spiro atoms. The Kier molecular flexibility index (Phi) is 7.36. The van der Waals surface area contributed by atoms with E-state index >= 15 is 13.2 Å². The number of anilines is 1. The first-order valence-corrected chi connectivity index (χ1v) is 19.1. The van der Waals surface area contributed by atoms with Gasteiger partial charge < -0.3 is 39.0 Å². The molecule has 0 amide bonds. The number of nitrogens with zero attached hydrogens (tertiary/aromatic N) is 6. The highest BCUT2D eigenvalue weighted by molar-refractivity contribution is 8.07. The average molecular weight is 756 g/mol. The Bertz CT molecular complexity index is 2190. The van der Waals surface area contributed by atoms with Gasteiger partial charge >= 0.3 is 13.4 Å². The maximum Gasteiger partial charge on any atom is 0.325 e. The maximum atomic E-state index is 16.1. The Labute approximate surface area is 274 Å². The summed E-state index contributed by atoms with van der Waals surface area (Å²) in [5, 5.41) is 0. The van der Waals surface area contributed by atoms with Gasteiger partial charge in [-0.3, -0.25) is 32.8 Å². The molecule has 1 saturated carbocycles. The molecule has 3 aliphatic heterocycles. The molecule has 48 heavy (non-hydrogen) atoms. The van der Waals surface area contributed by atoms with Crippen molar-refractivity contribution < 1.29 is 50.5 Å². The van der Waals surface area contributed by atoms with Crippen LogP contribution in [0.3, 0.4) is 0 Å². The summed E-state index contributed by atoms with van der Waals surface area (Å²) in [5.74, 6) is -3.75. The second kappa shape index (κ2) is 10.9. The van der Waals surface area contributed by atoms with Crippen molar-refractivity contribution in [3.63, 3.8) is 0 Å². The summed E-state index contributed by atoms with van der Waals surface area (Å²) in [7, 11) is 0. The minimum absolute atomic E-state index is 0.0607. The van der Waals surface area contributed by atoms with E-state index in [0.29, 0.717) is 0 Å². The van der Waals surface area contributed by atoms with Crippen molar-refractivity contribution in [3.05, 3.63) is 39.7 Å². The zero-order valence-corrected chi connectivity index (χ0v) is 27.1.